The molecule has 1 saturated heterocycles. The molecule has 116 valence electrons. The highest BCUT2D eigenvalue weighted by Gasteiger charge is 2.38. The third-order valence-electron chi connectivity index (χ3n) is 4.37. The first-order valence-electron chi connectivity index (χ1n) is 7.84. The van der Waals surface area contributed by atoms with Crippen LogP contribution in [0.5, 0.6) is 0 Å². The van der Waals surface area contributed by atoms with Crippen molar-refractivity contribution in [3.8, 4) is 0 Å². The van der Waals surface area contributed by atoms with Crippen LogP contribution >= 0.6 is 0 Å². The molecule has 2 amide bonds. The van der Waals surface area contributed by atoms with Crippen LogP contribution in [0.2, 0.25) is 0 Å². The van der Waals surface area contributed by atoms with E-state index in [-0.39, 0.29) is 18.2 Å². The molecule has 2 aromatic rings. The van der Waals surface area contributed by atoms with Crippen molar-refractivity contribution in [3.63, 3.8) is 0 Å². The smallest absolute Gasteiger partial charge is 0.323 e. The number of hydrogen-bond acceptors (Lipinski definition) is 3. The van der Waals surface area contributed by atoms with Crippen molar-refractivity contribution in [2.75, 3.05) is 18.4 Å². The van der Waals surface area contributed by atoms with E-state index in [4.69, 9.17) is 4.74 Å². The Morgan fingerprint density at radius 2 is 2.23 bits per heavy atom. The van der Waals surface area contributed by atoms with E-state index in [9.17, 15) is 4.79 Å². The average molecular weight is 300 g/mol. The molecule has 6 nitrogen and oxygen atoms in total. The fraction of sp³-hybridized carbons (Fsp3) is 0.500. The maximum absolute atomic E-state index is 12.6. The molecular formula is C16H20N4O2. The van der Waals surface area contributed by atoms with Gasteiger partial charge in [0, 0.05) is 19.3 Å². The summed E-state index contributed by atoms with van der Waals surface area (Å²) in [5.41, 5.74) is 0.823. The minimum absolute atomic E-state index is 0.0774. The van der Waals surface area contributed by atoms with Gasteiger partial charge in [-0.2, -0.15) is 0 Å². The Morgan fingerprint density at radius 3 is 3.05 bits per heavy atom. The lowest BCUT2D eigenvalue weighted by Crippen LogP contribution is -2.51. The second kappa shape index (κ2) is 5.28. The maximum Gasteiger partial charge on any atom is 0.323 e. The van der Waals surface area contributed by atoms with E-state index in [1.54, 1.807) is 6.20 Å². The summed E-state index contributed by atoms with van der Waals surface area (Å²) >= 11 is 0. The number of aromatic nitrogens is 2. The van der Waals surface area contributed by atoms with Gasteiger partial charge in [-0.25, -0.2) is 9.78 Å². The van der Waals surface area contributed by atoms with Crippen LogP contribution in [0.1, 0.15) is 19.8 Å². The summed E-state index contributed by atoms with van der Waals surface area (Å²) in [5, 5.41) is 2.97. The van der Waals surface area contributed by atoms with Crippen molar-refractivity contribution >= 4 is 17.5 Å². The Labute approximate surface area is 129 Å². The highest BCUT2D eigenvalue weighted by Crippen LogP contribution is 2.36. The van der Waals surface area contributed by atoms with E-state index in [0.29, 0.717) is 24.8 Å². The molecule has 2 aromatic heterocycles. The van der Waals surface area contributed by atoms with Gasteiger partial charge in [-0.15, -0.1) is 0 Å². The number of imidazole rings is 1. The summed E-state index contributed by atoms with van der Waals surface area (Å²) in [5.74, 6) is 1.33. The number of urea groups is 1. The lowest BCUT2D eigenvalue weighted by Gasteiger charge is -2.36. The van der Waals surface area contributed by atoms with Crippen molar-refractivity contribution in [1.82, 2.24) is 14.3 Å². The Bertz CT molecular complexity index is 694. The lowest BCUT2D eigenvalue weighted by atomic mass is 10.1. The zero-order valence-electron chi connectivity index (χ0n) is 12.6. The molecular weight excluding hydrogens is 280 g/mol. The second-order valence-electron chi connectivity index (χ2n) is 6.23. The molecule has 2 aliphatic rings. The minimum atomic E-state index is -0.0774. The number of rotatable bonds is 2. The van der Waals surface area contributed by atoms with Crippen molar-refractivity contribution in [2.45, 2.75) is 32.0 Å². The molecule has 2 unspecified atom stereocenters. The molecule has 0 aromatic carbocycles. The van der Waals surface area contributed by atoms with Crippen LogP contribution < -0.4 is 5.32 Å². The van der Waals surface area contributed by atoms with Gasteiger partial charge in [-0.1, -0.05) is 6.07 Å². The number of amides is 2. The maximum atomic E-state index is 12.6. The summed E-state index contributed by atoms with van der Waals surface area (Å²) in [6.07, 6.45) is 6.31. The third-order valence-corrected chi connectivity index (χ3v) is 4.37. The fourth-order valence-corrected chi connectivity index (χ4v) is 3.09. The number of nitrogens with one attached hydrogen (secondary N) is 1. The van der Waals surface area contributed by atoms with E-state index in [1.807, 2.05) is 40.6 Å². The fourth-order valence-electron chi connectivity index (χ4n) is 3.09. The first-order valence-corrected chi connectivity index (χ1v) is 7.84. The van der Waals surface area contributed by atoms with Crippen LogP contribution in [0.15, 0.2) is 30.6 Å². The number of anilines is 1. The van der Waals surface area contributed by atoms with Crippen molar-refractivity contribution < 1.29 is 9.53 Å². The van der Waals surface area contributed by atoms with Gasteiger partial charge >= 0.3 is 6.03 Å². The molecule has 1 N–H and O–H groups in total. The zero-order valence-corrected chi connectivity index (χ0v) is 12.6. The van der Waals surface area contributed by atoms with Gasteiger partial charge in [0.2, 0.25) is 0 Å². The first kappa shape index (κ1) is 13.6. The Balaban J connectivity index is 1.49. The highest BCUT2D eigenvalue weighted by molar-refractivity contribution is 5.89. The quantitative estimate of drug-likeness (QED) is 0.926. The summed E-state index contributed by atoms with van der Waals surface area (Å²) in [7, 11) is 0. The predicted octanol–water partition coefficient (Wildman–Crippen LogP) is 2.37. The molecule has 1 saturated carbocycles. The standard InChI is InChI=1S/C16H20N4O2/c1-11-9-19(10-13(22-11)12-5-6-12)16(21)18-15-8-17-14-4-2-3-7-20(14)15/h2-4,7-8,11-13H,5-6,9-10H2,1H3,(H,18,21). The number of carbonyl (C=O) groups excluding carboxylic acids is 1. The van der Waals surface area contributed by atoms with Crippen molar-refractivity contribution in [2.24, 2.45) is 5.92 Å². The molecule has 22 heavy (non-hydrogen) atoms. The molecule has 3 heterocycles. The molecule has 2 atom stereocenters. The Hall–Kier alpha value is -2.08. The van der Waals surface area contributed by atoms with Crippen LogP contribution in [-0.4, -0.2) is 45.6 Å². The topological polar surface area (TPSA) is 58.9 Å². The van der Waals surface area contributed by atoms with Crippen LogP contribution in [0.4, 0.5) is 10.6 Å². The first-order chi connectivity index (χ1) is 10.7. The van der Waals surface area contributed by atoms with Crippen molar-refractivity contribution in [1.29, 1.82) is 0 Å². The summed E-state index contributed by atoms with van der Waals surface area (Å²) < 4.78 is 7.83. The van der Waals surface area contributed by atoms with Crippen LogP contribution in [0, 0.1) is 5.92 Å². The average Bonchev–Trinajstić information content (AvgIpc) is 3.30. The molecule has 4 rings (SSSR count). The van der Waals surface area contributed by atoms with Gasteiger partial charge in [-0.05, 0) is 37.8 Å². The van der Waals surface area contributed by atoms with E-state index in [1.165, 1.54) is 12.8 Å². The number of fused-ring (bicyclic) bond motifs is 1. The summed E-state index contributed by atoms with van der Waals surface area (Å²) in [4.78, 5) is 18.7. The van der Waals surface area contributed by atoms with Crippen LogP contribution in [0.3, 0.4) is 0 Å². The molecule has 2 fully saturated rings. The monoisotopic (exact) mass is 300 g/mol. The Morgan fingerprint density at radius 1 is 1.36 bits per heavy atom. The minimum Gasteiger partial charge on any atom is -0.371 e. The number of morpholine rings is 1. The van der Waals surface area contributed by atoms with Gasteiger partial charge in [0.1, 0.15) is 11.5 Å². The molecule has 0 bridgehead atoms. The van der Waals surface area contributed by atoms with Crippen LogP contribution in [-0.2, 0) is 4.74 Å². The molecule has 0 radical (unpaired) electrons. The second-order valence-corrected chi connectivity index (χ2v) is 6.23. The summed E-state index contributed by atoms with van der Waals surface area (Å²) in [6, 6.07) is 5.68. The van der Waals surface area contributed by atoms with Gasteiger partial charge in [-0.3, -0.25) is 9.72 Å². The van der Waals surface area contributed by atoms with E-state index in [0.717, 1.165) is 5.65 Å². The molecule has 0 spiro atoms. The number of ether oxygens (including phenoxy) is 1. The van der Waals surface area contributed by atoms with Crippen molar-refractivity contribution in [3.05, 3.63) is 30.6 Å². The number of carbonyl (C=O) groups is 1. The van der Waals surface area contributed by atoms with Gasteiger partial charge < -0.3 is 9.64 Å². The zero-order chi connectivity index (χ0) is 15.1. The third kappa shape index (κ3) is 2.54. The largest absolute Gasteiger partial charge is 0.371 e. The molecule has 6 heteroatoms. The van der Waals surface area contributed by atoms with E-state index in [2.05, 4.69) is 10.3 Å². The Kier molecular flexibility index (Phi) is 3.26. The van der Waals surface area contributed by atoms with Gasteiger partial charge in [0.15, 0.2) is 0 Å². The van der Waals surface area contributed by atoms with E-state index < -0.39 is 0 Å². The SMILES string of the molecule is CC1CN(C(=O)Nc2cnc3ccccn23)CC(C2CC2)O1. The molecule has 1 aliphatic carbocycles. The lowest BCUT2D eigenvalue weighted by molar-refractivity contribution is -0.0717. The number of pyridine rings is 1. The normalized spacial score (nSPS) is 25.4. The van der Waals surface area contributed by atoms with Crippen LogP contribution in [0.25, 0.3) is 5.65 Å². The summed E-state index contributed by atoms with van der Waals surface area (Å²) in [6.45, 7) is 3.34. The van der Waals surface area contributed by atoms with Gasteiger partial charge in [0.05, 0.1) is 18.4 Å². The highest BCUT2D eigenvalue weighted by atomic mass is 16.5. The molecule has 1 aliphatic heterocycles. The number of nitrogens with zero attached hydrogens (tertiary/aromatic N) is 3. The van der Waals surface area contributed by atoms with E-state index >= 15 is 0 Å². The predicted molar refractivity (Wildman–Crippen MR) is 82.8 cm³/mol. The van der Waals surface area contributed by atoms with Gasteiger partial charge in [0.25, 0.3) is 0 Å². The number of hydrogen-bond donors (Lipinski definition) is 1.